The van der Waals surface area contributed by atoms with Crippen molar-refractivity contribution < 1.29 is 19.5 Å². The lowest BCUT2D eigenvalue weighted by Crippen LogP contribution is -2.37. The first kappa shape index (κ1) is 12.8. The van der Waals surface area contributed by atoms with E-state index in [0.29, 0.717) is 0 Å². The fraction of sp³-hybridized carbons (Fsp3) is 0.889. The number of rotatable bonds is 3. The molecule has 6 heteroatoms. The minimum absolute atomic E-state index is 0.182. The molecule has 1 aliphatic carbocycles. The molecule has 0 aliphatic heterocycles. The van der Waals surface area contributed by atoms with Crippen molar-refractivity contribution in [2.75, 3.05) is 0 Å². The van der Waals surface area contributed by atoms with E-state index in [1.54, 1.807) is 0 Å². The summed E-state index contributed by atoms with van der Waals surface area (Å²) in [5, 5.41) is 0. The number of primary amides is 1. The van der Waals surface area contributed by atoms with E-state index in [4.69, 9.17) is 5.73 Å². The maximum atomic E-state index is 11.1. The van der Waals surface area contributed by atoms with Crippen LogP contribution in [0.5, 0.6) is 0 Å². The highest BCUT2D eigenvalue weighted by atomic mass is 31.2. The van der Waals surface area contributed by atoms with E-state index in [1.165, 1.54) is 0 Å². The fourth-order valence-electron chi connectivity index (χ4n) is 2.31. The third kappa shape index (κ3) is 3.68. The van der Waals surface area contributed by atoms with Gasteiger partial charge in [0.1, 0.15) is 0 Å². The summed E-state index contributed by atoms with van der Waals surface area (Å²) in [4.78, 5) is 38.8. The molecule has 0 radical (unpaired) electrons. The Morgan fingerprint density at radius 3 is 1.93 bits per heavy atom. The molecule has 0 heterocycles. The van der Waals surface area contributed by atoms with Gasteiger partial charge in [0.25, 0.3) is 5.91 Å². The molecule has 0 spiro atoms. The van der Waals surface area contributed by atoms with Crippen LogP contribution < -0.4 is 5.73 Å². The number of hydrogen-bond acceptors (Lipinski definition) is 4. The van der Waals surface area contributed by atoms with Gasteiger partial charge in [0, 0.05) is 5.92 Å². The first-order valence-electron chi connectivity index (χ1n) is 5.29. The van der Waals surface area contributed by atoms with Gasteiger partial charge in [0.05, 0.1) is 0 Å². The zero-order valence-corrected chi connectivity index (χ0v) is 9.57. The standard InChI is InChI=1S/C9H18NO4P/c10-9(11)8(15(12,13)14)7-5-3-1-2-4-6-7/h7-8,12-14H,1-6H2,(H-,10,11)/p+1. The second-order valence-electron chi connectivity index (χ2n) is 4.21. The van der Waals surface area contributed by atoms with E-state index in [1.807, 2.05) is 0 Å². The van der Waals surface area contributed by atoms with Crippen LogP contribution in [0.4, 0.5) is 0 Å². The normalized spacial score (nSPS) is 22.1. The molecule has 5 N–H and O–H groups in total. The molecule has 0 bridgehead atoms. The van der Waals surface area contributed by atoms with E-state index < -0.39 is 19.5 Å². The van der Waals surface area contributed by atoms with Crippen LogP contribution in [-0.2, 0) is 4.79 Å². The molecule has 1 saturated carbocycles. The van der Waals surface area contributed by atoms with Crippen molar-refractivity contribution >= 4 is 13.9 Å². The minimum atomic E-state index is -4.14. The van der Waals surface area contributed by atoms with Crippen LogP contribution in [0.2, 0.25) is 0 Å². The van der Waals surface area contributed by atoms with E-state index in [9.17, 15) is 19.5 Å². The fourth-order valence-corrected chi connectivity index (χ4v) is 3.52. The molecule has 88 valence electrons. The van der Waals surface area contributed by atoms with Gasteiger partial charge in [-0.15, -0.1) is 0 Å². The Balaban J connectivity index is 2.74. The smallest absolute Gasteiger partial charge is 0.366 e. The first-order valence-corrected chi connectivity index (χ1v) is 7.01. The molecule has 15 heavy (non-hydrogen) atoms. The Kier molecular flexibility index (Phi) is 4.46. The molecule has 1 aliphatic rings. The highest BCUT2D eigenvalue weighted by Gasteiger charge is 2.51. The Labute approximate surface area is 89.9 Å². The van der Waals surface area contributed by atoms with Gasteiger partial charge < -0.3 is 5.73 Å². The molecule has 1 rings (SSSR count). The van der Waals surface area contributed by atoms with Crippen molar-refractivity contribution in [3.63, 3.8) is 0 Å². The van der Waals surface area contributed by atoms with Gasteiger partial charge in [-0.05, 0) is 12.8 Å². The highest BCUT2D eigenvalue weighted by molar-refractivity contribution is 7.60. The maximum Gasteiger partial charge on any atom is 0.416 e. The molecule has 0 aromatic carbocycles. The van der Waals surface area contributed by atoms with Gasteiger partial charge in [-0.1, -0.05) is 25.7 Å². The largest absolute Gasteiger partial charge is 0.416 e. The number of carbonyl (C=O) groups excluding carboxylic acids is 1. The highest BCUT2D eigenvalue weighted by Crippen LogP contribution is 2.55. The SMILES string of the molecule is NC(=O)C(C1CCCCCC1)[P+](O)(O)O. The molecule has 0 aromatic rings. The van der Waals surface area contributed by atoms with Gasteiger partial charge in [-0.3, -0.25) is 4.79 Å². The summed E-state index contributed by atoms with van der Waals surface area (Å²) in [6.07, 6.45) is 5.56. The van der Waals surface area contributed by atoms with Crippen LogP contribution in [-0.4, -0.2) is 26.2 Å². The zero-order chi connectivity index (χ0) is 11.5. The topological polar surface area (TPSA) is 104 Å². The summed E-state index contributed by atoms with van der Waals surface area (Å²) in [5.41, 5.74) is 3.94. The lowest BCUT2D eigenvalue weighted by Gasteiger charge is -2.22. The van der Waals surface area contributed by atoms with Crippen molar-refractivity contribution in [2.24, 2.45) is 11.7 Å². The van der Waals surface area contributed by atoms with Crippen molar-refractivity contribution in [2.45, 2.75) is 44.2 Å². The van der Waals surface area contributed by atoms with E-state index >= 15 is 0 Å². The molecule has 1 unspecified atom stereocenters. The number of carbonyl (C=O) groups is 1. The van der Waals surface area contributed by atoms with Crippen LogP contribution in [0.3, 0.4) is 0 Å². The summed E-state index contributed by atoms with van der Waals surface area (Å²) in [5.74, 6) is -0.985. The summed E-state index contributed by atoms with van der Waals surface area (Å²) in [6, 6.07) is 0. The first-order chi connectivity index (χ1) is 6.93. The predicted octanol–water partition coefficient (Wildman–Crippen LogP) is 0.550. The monoisotopic (exact) mass is 236 g/mol. The summed E-state index contributed by atoms with van der Waals surface area (Å²) < 4.78 is 0. The third-order valence-corrected chi connectivity index (χ3v) is 4.43. The van der Waals surface area contributed by atoms with Crippen LogP contribution in [0.1, 0.15) is 38.5 Å². The summed E-state index contributed by atoms with van der Waals surface area (Å²) in [6.45, 7) is 0. The van der Waals surface area contributed by atoms with Crippen LogP contribution in [0.25, 0.3) is 0 Å². The molecule has 1 amide bonds. The predicted molar refractivity (Wildman–Crippen MR) is 57.8 cm³/mol. The summed E-state index contributed by atoms with van der Waals surface area (Å²) in [7, 11) is -4.14. The summed E-state index contributed by atoms with van der Waals surface area (Å²) >= 11 is 0. The Bertz CT molecular complexity index is 221. The lowest BCUT2D eigenvalue weighted by molar-refractivity contribution is -0.119. The van der Waals surface area contributed by atoms with Crippen LogP contribution in [0.15, 0.2) is 0 Å². The lowest BCUT2D eigenvalue weighted by atomic mass is 9.96. The Morgan fingerprint density at radius 2 is 1.60 bits per heavy atom. The molecular formula is C9H19NO4P+. The zero-order valence-electron chi connectivity index (χ0n) is 8.67. The van der Waals surface area contributed by atoms with Gasteiger partial charge in [0.2, 0.25) is 5.66 Å². The second kappa shape index (κ2) is 5.21. The minimum Gasteiger partial charge on any atom is -0.366 e. The third-order valence-electron chi connectivity index (χ3n) is 3.01. The van der Waals surface area contributed by atoms with E-state index in [-0.39, 0.29) is 5.92 Å². The quantitative estimate of drug-likeness (QED) is 0.424. The number of hydrogen-bond donors (Lipinski definition) is 4. The van der Waals surface area contributed by atoms with Gasteiger partial charge in [-0.2, -0.15) is 14.7 Å². The van der Waals surface area contributed by atoms with Gasteiger partial charge in [0.15, 0.2) is 0 Å². The van der Waals surface area contributed by atoms with Crippen molar-refractivity contribution in [1.82, 2.24) is 0 Å². The molecule has 0 aromatic heterocycles. The number of nitrogens with two attached hydrogens (primary N) is 1. The van der Waals surface area contributed by atoms with Crippen molar-refractivity contribution in [3.8, 4) is 0 Å². The van der Waals surface area contributed by atoms with Crippen LogP contribution >= 0.6 is 7.94 Å². The van der Waals surface area contributed by atoms with E-state index in [0.717, 1.165) is 38.5 Å². The average molecular weight is 236 g/mol. The second-order valence-corrected chi connectivity index (χ2v) is 6.00. The van der Waals surface area contributed by atoms with Gasteiger partial charge >= 0.3 is 7.94 Å². The molecule has 1 fully saturated rings. The van der Waals surface area contributed by atoms with E-state index in [2.05, 4.69) is 0 Å². The molecule has 0 saturated heterocycles. The molecule has 5 nitrogen and oxygen atoms in total. The van der Waals surface area contributed by atoms with Gasteiger partial charge in [-0.25, -0.2) is 0 Å². The van der Waals surface area contributed by atoms with Crippen LogP contribution in [0, 0.1) is 5.92 Å². The molecular weight excluding hydrogens is 217 g/mol. The van der Waals surface area contributed by atoms with Crippen molar-refractivity contribution in [3.05, 3.63) is 0 Å². The Morgan fingerprint density at radius 1 is 1.13 bits per heavy atom. The average Bonchev–Trinajstić information content (AvgIpc) is 2.29. The Hall–Kier alpha value is -0.220. The number of amides is 1. The molecule has 1 atom stereocenters. The van der Waals surface area contributed by atoms with Crippen molar-refractivity contribution in [1.29, 1.82) is 0 Å². The maximum absolute atomic E-state index is 11.1.